The molecule has 5 nitrogen and oxygen atoms in total. The average molecular weight is 342 g/mol. The Labute approximate surface area is 151 Å². The zero-order valence-corrected chi connectivity index (χ0v) is 14.4. The highest BCUT2D eigenvalue weighted by atomic mass is 16.1. The minimum Gasteiger partial charge on any atom is -0.336 e. The molecular weight excluding hydrogens is 324 g/mol. The van der Waals surface area contributed by atoms with Crippen LogP contribution in [0.4, 0.5) is 11.5 Å². The molecule has 0 bridgehead atoms. The highest BCUT2D eigenvalue weighted by Crippen LogP contribution is 2.17. The molecule has 0 aliphatic rings. The second-order valence-corrected chi connectivity index (χ2v) is 6.20. The van der Waals surface area contributed by atoms with Gasteiger partial charge in [0.25, 0.3) is 5.56 Å². The van der Waals surface area contributed by atoms with Crippen LogP contribution < -0.4 is 10.9 Å². The number of rotatable bonds is 4. The first-order chi connectivity index (χ1) is 12.7. The molecule has 128 valence electrons. The molecule has 2 aromatic heterocycles. The fourth-order valence-corrected chi connectivity index (χ4v) is 2.95. The van der Waals surface area contributed by atoms with Crippen molar-refractivity contribution in [2.45, 2.75) is 13.5 Å². The highest BCUT2D eigenvalue weighted by molar-refractivity contribution is 5.76. The van der Waals surface area contributed by atoms with E-state index in [1.165, 1.54) is 0 Å². The summed E-state index contributed by atoms with van der Waals surface area (Å²) in [5.41, 5.74) is 4.28. The van der Waals surface area contributed by atoms with Crippen LogP contribution in [0.25, 0.3) is 11.0 Å². The van der Waals surface area contributed by atoms with Crippen molar-refractivity contribution >= 4 is 22.5 Å². The highest BCUT2D eigenvalue weighted by Gasteiger charge is 2.12. The van der Waals surface area contributed by atoms with Gasteiger partial charge in [0.05, 0.1) is 23.8 Å². The number of hydrogen-bond acceptors (Lipinski definition) is 4. The van der Waals surface area contributed by atoms with Crippen molar-refractivity contribution in [3.05, 3.63) is 94.5 Å². The van der Waals surface area contributed by atoms with E-state index in [1.54, 1.807) is 17.0 Å². The third-order valence-electron chi connectivity index (χ3n) is 4.21. The van der Waals surface area contributed by atoms with Crippen molar-refractivity contribution < 1.29 is 0 Å². The molecule has 1 N–H and O–H groups in total. The van der Waals surface area contributed by atoms with Crippen molar-refractivity contribution in [2.24, 2.45) is 0 Å². The number of aromatic nitrogens is 3. The summed E-state index contributed by atoms with van der Waals surface area (Å²) < 4.78 is 1.71. The second kappa shape index (κ2) is 6.80. The summed E-state index contributed by atoms with van der Waals surface area (Å²) in [6.45, 7) is 2.48. The zero-order chi connectivity index (χ0) is 17.9. The summed E-state index contributed by atoms with van der Waals surface area (Å²) in [4.78, 5) is 21.8. The molecule has 0 amide bonds. The van der Waals surface area contributed by atoms with E-state index in [0.717, 1.165) is 27.8 Å². The second-order valence-electron chi connectivity index (χ2n) is 6.20. The van der Waals surface area contributed by atoms with Crippen LogP contribution in [-0.4, -0.2) is 14.5 Å². The van der Waals surface area contributed by atoms with Gasteiger partial charge < -0.3 is 5.32 Å². The van der Waals surface area contributed by atoms with Crippen LogP contribution in [0, 0.1) is 6.92 Å². The Bertz CT molecular complexity index is 1120. The van der Waals surface area contributed by atoms with Crippen molar-refractivity contribution in [1.82, 2.24) is 14.5 Å². The Kier molecular flexibility index (Phi) is 4.19. The molecule has 0 aliphatic carbocycles. The van der Waals surface area contributed by atoms with Crippen molar-refractivity contribution in [3.8, 4) is 0 Å². The predicted molar refractivity (Wildman–Crippen MR) is 104 cm³/mol. The smallest absolute Gasteiger partial charge is 0.294 e. The van der Waals surface area contributed by atoms with Gasteiger partial charge in [-0.05, 0) is 36.2 Å². The number of hydrogen-bond donors (Lipinski definition) is 1. The lowest BCUT2D eigenvalue weighted by atomic mass is 10.2. The number of aryl methyl sites for hydroxylation is 1. The number of pyridine rings is 1. The Balaban J connectivity index is 1.84. The van der Waals surface area contributed by atoms with E-state index in [2.05, 4.69) is 15.3 Å². The standard InChI is InChI=1S/C21H18N4O/c1-15-6-5-9-17(12-15)23-20-21(26)25(14-16-7-3-2-4-8-16)19-13-22-11-10-18(19)24-20/h2-13H,14H2,1H3,(H,23,24). The van der Waals surface area contributed by atoms with E-state index in [-0.39, 0.29) is 5.56 Å². The third-order valence-corrected chi connectivity index (χ3v) is 4.21. The largest absolute Gasteiger partial charge is 0.336 e. The first-order valence-corrected chi connectivity index (χ1v) is 8.43. The Morgan fingerprint density at radius 2 is 1.88 bits per heavy atom. The van der Waals surface area contributed by atoms with E-state index in [1.807, 2.05) is 67.6 Å². The molecule has 5 heteroatoms. The third kappa shape index (κ3) is 3.19. The van der Waals surface area contributed by atoms with Crippen LogP contribution >= 0.6 is 0 Å². The van der Waals surface area contributed by atoms with E-state index >= 15 is 0 Å². The van der Waals surface area contributed by atoms with Crippen LogP contribution in [0.5, 0.6) is 0 Å². The number of fused-ring (bicyclic) bond motifs is 1. The van der Waals surface area contributed by atoms with Gasteiger partial charge in [-0.1, -0.05) is 42.5 Å². The molecule has 0 saturated heterocycles. The molecule has 0 radical (unpaired) electrons. The molecule has 2 heterocycles. The van der Waals surface area contributed by atoms with Gasteiger partial charge in [0.2, 0.25) is 0 Å². The van der Waals surface area contributed by atoms with Crippen molar-refractivity contribution in [1.29, 1.82) is 0 Å². The minimum atomic E-state index is -0.171. The molecule has 0 atom stereocenters. The van der Waals surface area contributed by atoms with Gasteiger partial charge >= 0.3 is 0 Å². The SMILES string of the molecule is Cc1cccc(Nc2nc3ccncc3n(Cc3ccccc3)c2=O)c1. The molecule has 2 aromatic carbocycles. The number of nitrogens with zero attached hydrogens (tertiary/aromatic N) is 3. The van der Waals surface area contributed by atoms with Gasteiger partial charge in [-0.2, -0.15) is 0 Å². The van der Waals surface area contributed by atoms with Crippen molar-refractivity contribution in [2.75, 3.05) is 5.32 Å². The van der Waals surface area contributed by atoms with Gasteiger partial charge in [0.15, 0.2) is 5.82 Å². The molecular formula is C21H18N4O. The topological polar surface area (TPSA) is 59.8 Å². The van der Waals surface area contributed by atoms with Crippen LogP contribution in [-0.2, 0) is 6.54 Å². The zero-order valence-electron chi connectivity index (χ0n) is 14.4. The fraction of sp³-hybridized carbons (Fsp3) is 0.0952. The molecule has 0 saturated carbocycles. The first kappa shape index (κ1) is 16.0. The average Bonchev–Trinajstić information content (AvgIpc) is 2.66. The molecule has 0 aliphatic heterocycles. The summed E-state index contributed by atoms with van der Waals surface area (Å²) in [6.07, 6.45) is 3.37. The lowest BCUT2D eigenvalue weighted by Gasteiger charge is -2.13. The lowest BCUT2D eigenvalue weighted by molar-refractivity contribution is 0.788. The van der Waals surface area contributed by atoms with Crippen LogP contribution in [0.15, 0.2) is 77.9 Å². The first-order valence-electron chi connectivity index (χ1n) is 8.43. The van der Waals surface area contributed by atoms with E-state index in [4.69, 9.17) is 0 Å². The molecule has 0 unspecified atom stereocenters. The summed E-state index contributed by atoms with van der Waals surface area (Å²) in [5.74, 6) is 0.310. The summed E-state index contributed by atoms with van der Waals surface area (Å²) in [5, 5.41) is 3.17. The molecule has 26 heavy (non-hydrogen) atoms. The number of nitrogens with one attached hydrogen (secondary N) is 1. The lowest BCUT2D eigenvalue weighted by Crippen LogP contribution is -2.25. The van der Waals surface area contributed by atoms with Gasteiger partial charge in [0, 0.05) is 11.9 Å². The van der Waals surface area contributed by atoms with Crippen LogP contribution in [0.3, 0.4) is 0 Å². The minimum absolute atomic E-state index is 0.171. The van der Waals surface area contributed by atoms with E-state index in [0.29, 0.717) is 12.4 Å². The van der Waals surface area contributed by atoms with Gasteiger partial charge in [-0.3, -0.25) is 14.3 Å². The Hall–Kier alpha value is -3.47. The summed E-state index contributed by atoms with van der Waals surface area (Å²) >= 11 is 0. The Morgan fingerprint density at radius 1 is 1.04 bits per heavy atom. The van der Waals surface area contributed by atoms with Gasteiger partial charge in [-0.15, -0.1) is 0 Å². The predicted octanol–water partition coefficient (Wildman–Crippen LogP) is 3.89. The van der Waals surface area contributed by atoms with Gasteiger partial charge in [0.1, 0.15) is 0 Å². The fourth-order valence-electron chi connectivity index (χ4n) is 2.95. The normalized spacial score (nSPS) is 10.8. The van der Waals surface area contributed by atoms with Crippen molar-refractivity contribution in [3.63, 3.8) is 0 Å². The number of benzene rings is 2. The molecule has 4 rings (SSSR count). The van der Waals surface area contributed by atoms with Crippen LogP contribution in [0.2, 0.25) is 0 Å². The maximum atomic E-state index is 13.1. The summed E-state index contributed by atoms with van der Waals surface area (Å²) in [6, 6.07) is 19.6. The number of anilines is 2. The van der Waals surface area contributed by atoms with E-state index in [9.17, 15) is 4.79 Å². The monoisotopic (exact) mass is 342 g/mol. The van der Waals surface area contributed by atoms with Gasteiger partial charge in [-0.25, -0.2) is 4.98 Å². The maximum absolute atomic E-state index is 13.1. The Morgan fingerprint density at radius 3 is 2.69 bits per heavy atom. The maximum Gasteiger partial charge on any atom is 0.294 e. The quantitative estimate of drug-likeness (QED) is 0.611. The summed E-state index contributed by atoms with van der Waals surface area (Å²) in [7, 11) is 0. The molecule has 0 fully saturated rings. The van der Waals surface area contributed by atoms with E-state index < -0.39 is 0 Å². The van der Waals surface area contributed by atoms with Crippen LogP contribution in [0.1, 0.15) is 11.1 Å². The molecule has 0 spiro atoms. The molecule has 4 aromatic rings.